The summed E-state index contributed by atoms with van der Waals surface area (Å²) < 4.78 is 0. The van der Waals surface area contributed by atoms with E-state index in [1.165, 1.54) is 11.3 Å². The normalized spacial score (nSPS) is 21.0. The topological polar surface area (TPSA) is 71.4 Å². The van der Waals surface area contributed by atoms with Gasteiger partial charge in [-0.15, -0.1) is 11.3 Å². The van der Waals surface area contributed by atoms with E-state index >= 15 is 0 Å². The molecule has 25 heavy (non-hydrogen) atoms. The van der Waals surface area contributed by atoms with E-state index in [9.17, 15) is 9.70 Å². The van der Waals surface area contributed by atoms with Crippen LogP contribution in [0.4, 0.5) is 5.13 Å². The number of hydrogen-bond acceptors (Lipinski definition) is 5. The predicted molar refractivity (Wildman–Crippen MR) is 101 cm³/mol. The molecule has 0 spiro atoms. The van der Waals surface area contributed by atoms with Gasteiger partial charge in [0.1, 0.15) is 0 Å². The molecule has 1 fully saturated rings. The molecule has 1 saturated carbocycles. The number of thiazole rings is 1. The van der Waals surface area contributed by atoms with E-state index in [2.05, 4.69) is 15.5 Å². The van der Waals surface area contributed by atoms with Gasteiger partial charge in [0.25, 0.3) is 0 Å². The van der Waals surface area contributed by atoms with Gasteiger partial charge in [0, 0.05) is 11.6 Å². The zero-order valence-electron chi connectivity index (χ0n) is 13.3. The molecular formula is C17H17Cl2N3O2S. The van der Waals surface area contributed by atoms with Crippen molar-refractivity contribution >= 4 is 45.6 Å². The van der Waals surface area contributed by atoms with E-state index in [1.54, 1.807) is 23.7 Å². The van der Waals surface area contributed by atoms with Crippen LogP contribution in [-0.4, -0.2) is 16.9 Å². The maximum absolute atomic E-state index is 12.8. The second-order valence-electron chi connectivity index (χ2n) is 6.23. The lowest BCUT2D eigenvalue weighted by Crippen LogP contribution is -2.23. The number of aromatic nitrogens is 1. The van der Waals surface area contributed by atoms with E-state index in [1.807, 2.05) is 6.07 Å². The summed E-state index contributed by atoms with van der Waals surface area (Å²) in [5, 5.41) is 9.26. The van der Waals surface area contributed by atoms with Gasteiger partial charge in [0.05, 0.1) is 22.0 Å². The molecular weight excluding hydrogens is 381 g/mol. The number of anilines is 1. The number of halogens is 2. The molecule has 132 valence electrons. The molecule has 1 heterocycles. The van der Waals surface area contributed by atoms with Crippen LogP contribution in [0.5, 0.6) is 0 Å². The molecule has 3 atom stereocenters. The van der Waals surface area contributed by atoms with Gasteiger partial charge in [0.2, 0.25) is 5.91 Å². The number of nitrogens with one attached hydrogen (secondary N) is 1. The Kier molecular flexibility index (Phi) is 6.04. The zero-order valence-corrected chi connectivity index (χ0v) is 15.7. The smallest absolute Gasteiger partial charge is 0.233 e. The maximum Gasteiger partial charge on any atom is 0.233 e. The van der Waals surface area contributed by atoms with E-state index in [0.29, 0.717) is 21.6 Å². The van der Waals surface area contributed by atoms with Crippen LogP contribution >= 0.6 is 34.5 Å². The van der Waals surface area contributed by atoms with Crippen molar-refractivity contribution in [1.29, 1.82) is 0 Å². The van der Waals surface area contributed by atoms with Gasteiger partial charge in [-0.2, -0.15) is 4.91 Å². The third-order valence-electron chi connectivity index (χ3n) is 4.56. The Morgan fingerprint density at radius 3 is 2.84 bits per heavy atom. The molecule has 0 bridgehead atoms. The number of amides is 1. The van der Waals surface area contributed by atoms with Crippen LogP contribution in [-0.2, 0) is 4.79 Å². The first-order chi connectivity index (χ1) is 12.1. The Hall–Kier alpha value is -1.50. The van der Waals surface area contributed by atoms with Crippen molar-refractivity contribution in [3.63, 3.8) is 0 Å². The van der Waals surface area contributed by atoms with Crippen molar-refractivity contribution in [2.24, 2.45) is 11.1 Å². The molecule has 1 aliphatic rings. The Morgan fingerprint density at radius 2 is 2.20 bits per heavy atom. The minimum absolute atomic E-state index is 0.129. The van der Waals surface area contributed by atoms with Crippen LogP contribution in [0.15, 0.2) is 35.0 Å². The fraction of sp³-hybridized carbons (Fsp3) is 0.412. The second kappa shape index (κ2) is 8.25. The molecule has 1 N–H and O–H groups in total. The highest BCUT2D eigenvalue weighted by Crippen LogP contribution is 2.37. The minimum atomic E-state index is -0.380. The average Bonchev–Trinajstić information content (AvgIpc) is 3.26. The Balaban J connectivity index is 1.80. The Bertz CT molecular complexity index is 754. The van der Waals surface area contributed by atoms with Crippen LogP contribution in [0.3, 0.4) is 0 Å². The lowest BCUT2D eigenvalue weighted by molar-refractivity contribution is -0.118. The number of nitroso groups, excluding NO2 is 1. The van der Waals surface area contributed by atoms with Crippen molar-refractivity contribution in [2.45, 2.75) is 37.6 Å². The molecule has 3 rings (SSSR count). The van der Waals surface area contributed by atoms with Gasteiger partial charge in [0.15, 0.2) is 5.13 Å². The molecule has 3 unspecified atom stereocenters. The van der Waals surface area contributed by atoms with Gasteiger partial charge < -0.3 is 5.32 Å². The first-order valence-corrected chi connectivity index (χ1v) is 9.68. The summed E-state index contributed by atoms with van der Waals surface area (Å²) in [7, 11) is 0. The largest absolute Gasteiger partial charge is 0.301 e. The molecule has 1 aromatic heterocycles. The number of rotatable bonds is 6. The molecule has 5 nitrogen and oxygen atoms in total. The highest BCUT2D eigenvalue weighted by Gasteiger charge is 2.31. The van der Waals surface area contributed by atoms with E-state index < -0.39 is 0 Å². The standard InChI is InChI=1S/C17H17Cl2N3O2S/c18-14-4-2-11(9-15(14)19)13(8-10-1-3-12(7-10)22-24)16(23)21-17-20-5-6-25-17/h2,4-6,9-10,12-13H,1,3,7-8H2,(H,20,21,23). The minimum Gasteiger partial charge on any atom is -0.301 e. The van der Waals surface area contributed by atoms with Crippen LogP contribution < -0.4 is 5.32 Å². The van der Waals surface area contributed by atoms with Crippen LogP contribution in [0.2, 0.25) is 10.0 Å². The molecule has 0 radical (unpaired) electrons. The second-order valence-corrected chi connectivity index (χ2v) is 7.94. The predicted octanol–water partition coefficient (Wildman–Crippen LogP) is 5.50. The summed E-state index contributed by atoms with van der Waals surface area (Å²) in [6.07, 6.45) is 4.70. The van der Waals surface area contributed by atoms with Crippen LogP contribution in [0, 0.1) is 10.8 Å². The van der Waals surface area contributed by atoms with Gasteiger partial charge in [-0.1, -0.05) is 34.4 Å². The first kappa shape index (κ1) is 18.3. The molecule has 1 aromatic carbocycles. The quantitative estimate of drug-likeness (QED) is 0.654. The van der Waals surface area contributed by atoms with Crippen LogP contribution in [0.1, 0.15) is 37.2 Å². The van der Waals surface area contributed by atoms with Gasteiger partial charge >= 0.3 is 0 Å². The zero-order chi connectivity index (χ0) is 17.8. The van der Waals surface area contributed by atoms with E-state index in [0.717, 1.165) is 24.8 Å². The van der Waals surface area contributed by atoms with E-state index in [4.69, 9.17) is 23.2 Å². The highest BCUT2D eigenvalue weighted by atomic mass is 35.5. The summed E-state index contributed by atoms with van der Waals surface area (Å²) in [6, 6.07) is 5.12. The van der Waals surface area contributed by atoms with Crippen molar-refractivity contribution in [3.8, 4) is 0 Å². The Morgan fingerprint density at radius 1 is 1.36 bits per heavy atom. The maximum atomic E-state index is 12.8. The summed E-state index contributed by atoms with van der Waals surface area (Å²) in [6.45, 7) is 0. The molecule has 0 saturated heterocycles. The third kappa shape index (κ3) is 4.57. The molecule has 8 heteroatoms. The number of hydrogen-bond donors (Lipinski definition) is 1. The summed E-state index contributed by atoms with van der Waals surface area (Å²) in [5.41, 5.74) is 0.811. The number of benzene rings is 1. The molecule has 1 amide bonds. The van der Waals surface area contributed by atoms with Gasteiger partial charge in [-0.25, -0.2) is 4.98 Å². The van der Waals surface area contributed by atoms with Crippen molar-refractivity contribution in [3.05, 3.63) is 50.3 Å². The molecule has 0 aliphatic heterocycles. The molecule has 1 aliphatic carbocycles. The number of nitrogens with zero attached hydrogens (tertiary/aromatic N) is 2. The number of carbonyl (C=O) groups is 1. The summed E-state index contributed by atoms with van der Waals surface area (Å²) in [4.78, 5) is 27.7. The van der Waals surface area contributed by atoms with Gasteiger partial charge in [-0.05, 0) is 49.3 Å². The highest BCUT2D eigenvalue weighted by molar-refractivity contribution is 7.13. The van der Waals surface area contributed by atoms with Crippen molar-refractivity contribution < 1.29 is 4.79 Å². The Labute approximate surface area is 159 Å². The van der Waals surface area contributed by atoms with Crippen molar-refractivity contribution in [1.82, 2.24) is 4.98 Å². The SMILES string of the molecule is O=NC1CCC(CC(C(=O)Nc2nccs2)c2ccc(Cl)c(Cl)c2)C1. The monoisotopic (exact) mass is 397 g/mol. The van der Waals surface area contributed by atoms with Crippen LogP contribution in [0.25, 0.3) is 0 Å². The average molecular weight is 398 g/mol. The third-order valence-corrected chi connectivity index (χ3v) is 5.98. The molecule has 2 aromatic rings. The fourth-order valence-electron chi connectivity index (χ4n) is 3.29. The fourth-order valence-corrected chi connectivity index (χ4v) is 4.13. The van der Waals surface area contributed by atoms with Crippen molar-refractivity contribution in [2.75, 3.05) is 5.32 Å². The lowest BCUT2D eigenvalue weighted by Gasteiger charge is -2.20. The first-order valence-electron chi connectivity index (χ1n) is 8.04. The van der Waals surface area contributed by atoms with E-state index in [-0.39, 0.29) is 23.8 Å². The lowest BCUT2D eigenvalue weighted by atomic mass is 9.87. The summed E-state index contributed by atoms with van der Waals surface area (Å²) in [5.74, 6) is -0.228. The summed E-state index contributed by atoms with van der Waals surface area (Å²) >= 11 is 13.5. The number of carbonyl (C=O) groups excluding carboxylic acids is 1. The van der Waals surface area contributed by atoms with Gasteiger partial charge in [-0.3, -0.25) is 4.79 Å².